The lowest BCUT2D eigenvalue weighted by Gasteiger charge is -2.12. The van der Waals surface area contributed by atoms with Crippen molar-refractivity contribution in [3.8, 4) is 11.3 Å². The molecule has 1 heterocycles. The summed E-state index contributed by atoms with van der Waals surface area (Å²) in [4.78, 5) is 8.40. The molecule has 0 amide bonds. The van der Waals surface area contributed by atoms with Gasteiger partial charge in [-0.05, 0) is 44.9 Å². The fraction of sp³-hybridized carbons (Fsp3) is 0.286. The minimum atomic E-state index is -0.270. The number of nitrogen functional groups attached to an aromatic ring is 1. The van der Waals surface area contributed by atoms with Gasteiger partial charge in [-0.3, -0.25) is 0 Å². The fourth-order valence-electron chi connectivity index (χ4n) is 2.11. The Morgan fingerprint density at radius 3 is 2.33 bits per heavy atom. The molecule has 0 spiro atoms. The average molecular weight is 245 g/mol. The van der Waals surface area contributed by atoms with E-state index in [4.69, 9.17) is 5.73 Å². The van der Waals surface area contributed by atoms with Crippen LogP contribution in [0.1, 0.15) is 22.5 Å². The van der Waals surface area contributed by atoms with Gasteiger partial charge in [-0.2, -0.15) is 0 Å². The van der Waals surface area contributed by atoms with Crippen LogP contribution in [0.2, 0.25) is 0 Å². The third kappa shape index (κ3) is 2.06. The monoisotopic (exact) mass is 245 g/mol. The van der Waals surface area contributed by atoms with E-state index in [9.17, 15) is 4.39 Å². The standard InChI is InChI=1S/C14H16FN3/c1-7-5-8(2)12(11(15)6-7)13-9(3)14(16)18-10(4)17-13/h5-6H,1-4H3,(H2,16,17,18). The molecular formula is C14H16FN3. The second-order valence-corrected chi connectivity index (χ2v) is 4.57. The van der Waals surface area contributed by atoms with Crippen LogP contribution in [0.15, 0.2) is 12.1 Å². The van der Waals surface area contributed by atoms with E-state index in [1.165, 1.54) is 6.07 Å². The Kier molecular flexibility index (Phi) is 3.03. The predicted octanol–water partition coefficient (Wildman–Crippen LogP) is 3.10. The van der Waals surface area contributed by atoms with Gasteiger partial charge in [0.05, 0.1) is 5.69 Å². The molecule has 0 aliphatic rings. The molecule has 2 rings (SSSR count). The number of nitrogens with zero attached hydrogens (tertiary/aromatic N) is 2. The normalized spacial score (nSPS) is 10.7. The van der Waals surface area contributed by atoms with Gasteiger partial charge in [-0.1, -0.05) is 6.07 Å². The summed E-state index contributed by atoms with van der Waals surface area (Å²) in [5.41, 5.74) is 9.37. The van der Waals surface area contributed by atoms with Crippen molar-refractivity contribution in [1.29, 1.82) is 0 Å². The summed E-state index contributed by atoms with van der Waals surface area (Å²) in [7, 11) is 0. The smallest absolute Gasteiger partial charge is 0.133 e. The van der Waals surface area contributed by atoms with Gasteiger partial charge in [0.2, 0.25) is 0 Å². The summed E-state index contributed by atoms with van der Waals surface area (Å²) in [6.45, 7) is 7.30. The summed E-state index contributed by atoms with van der Waals surface area (Å²) in [5.74, 6) is 0.678. The molecule has 0 saturated carbocycles. The summed E-state index contributed by atoms with van der Waals surface area (Å²) < 4.78 is 14.1. The topological polar surface area (TPSA) is 51.8 Å². The van der Waals surface area contributed by atoms with Crippen molar-refractivity contribution in [1.82, 2.24) is 9.97 Å². The first-order valence-electron chi connectivity index (χ1n) is 5.78. The van der Waals surface area contributed by atoms with Crippen LogP contribution in [0.3, 0.4) is 0 Å². The molecule has 0 radical (unpaired) electrons. The number of nitrogens with two attached hydrogens (primary N) is 1. The maximum Gasteiger partial charge on any atom is 0.133 e. The van der Waals surface area contributed by atoms with Gasteiger partial charge in [-0.15, -0.1) is 0 Å². The van der Waals surface area contributed by atoms with Crippen LogP contribution >= 0.6 is 0 Å². The lowest BCUT2D eigenvalue weighted by Crippen LogP contribution is -2.04. The molecule has 0 aliphatic carbocycles. The molecule has 1 aromatic heterocycles. The first-order chi connectivity index (χ1) is 8.40. The fourth-order valence-corrected chi connectivity index (χ4v) is 2.11. The van der Waals surface area contributed by atoms with Crippen molar-refractivity contribution in [3.63, 3.8) is 0 Å². The lowest BCUT2D eigenvalue weighted by atomic mass is 9.99. The zero-order chi connectivity index (χ0) is 13.4. The highest BCUT2D eigenvalue weighted by atomic mass is 19.1. The maximum absolute atomic E-state index is 14.1. The molecule has 1 aromatic carbocycles. The number of anilines is 1. The van der Waals surface area contributed by atoms with Gasteiger partial charge in [-0.25, -0.2) is 14.4 Å². The summed E-state index contributed by atoms with van der Waals surface area (Å²) in [6, 6.07) is 3.45. The third-order valence-electron chi connectivity index (χ3n) is 2.96. The van der Waals surface area contributed by atoms with E-state index < -0.39 is 0 Å². The highest BCUT2D eigenvalue weighted by molar-refractivity contribution is 5.71. The number of benzene rings is 1. The number of aryl methyl sites for hydroxylation is 3. The Balaban J connectivity index is 2.77. The molecule has 18 heavy (non-hydrogen) atoms. The number of hydrogen-bond donors (Lipinski definition) is 1. The van der Waals surface area contributed by atoms with Crippen molar-refractivity contribution in [2.24, 2.45) is 0 Å². The maximum atomic E-state index is 14.1. The average Bonchev–Trinajstić information content (AvgIpc) is 2.23. The van der Waals surface area contributed by atoms with Crippen LogP contribution in [0.25, 0.3) is 11.3 Å². The second kappa shape index (κ2) is 4.37. The van der Waals surface area contributed by atoms with Crippen LogP contribution < -0.4 is 5.73 Å². The van der Waals surface area contributed by atoms with Gasteiger partial charge < -0.3 is 5.73 Å². The molecule has 0 bridgehead atoms. The second-order valence-electron chi connectivity index (χ2n) is 4.57. The summed E-state index contributed by atoms with van der Waals surface area (Å²) >= 11 is 0. The van der Waals surface area contributed by atoms with Crippen molar-refractivity contribution in [2.75, 3.05) is 5.73 Å². The molecule has 4 heteroatoms. The molecule has 0 fully saturated rings. The van der Waals surface area contributed by atoms with Crippen LogP contribution in [0.4, 0.5) is 10.2 Å². The molecule has 2 aromatic rings. The SMILES string of the molecule is Cc1cc(C)c(-c2nc(C)nc(N)c2C)c(F)c1. The zero-order valence-electron chi connectivity index (χ0n) is 11.0. The van der Waals surface area contributed by atoms with E-state index >= 15 is 0 Å². The molecule has 94 valence electrons. The first kappa shape index (κ1) is 12.5. The Hall–Kier alpha value is -1.97. The molecule has 0 aliphatic heterocycles. The number of halogens is 1. The van der Waals surface area contributed by atoms with E-state index in [1.807, 2.05) is 26.8 Å². The molecule has 3 nitrogen and oxygen atoms in total. The largest absolute Gasteiger partial charge is 0.383 e. The first-order valence-corrected chi connectivity index (χ1v) is 5.78. The molecular weight excluding hydrogens is 229 g/mol. The van der Waals surface area contributed by atoms with Gasteiger partial charge in [0.25, 0.3) is 0 Å². The Labute approximate surface area is 106 Å². The molecule has 0 atom stereocenters. The van der Waals surface area contributed by atoms with E-state index in [2.05, 4.69) is 9.97 Å². The van der Waals surface area contributed by atoms with Crippen LogP contribution in [0, 0.1) is 33.5 Å². The van der Waals surface area contributed by atoms with Crippen molar-refractivity contribution in [3.05, 3.63) is 40.5 Å². The Morgan fingerprint density at radius 1 is 1.06 bits per heavy atom. The number of hydrogen-bond acceptors (Lipinski definition) is 3. The van der Waals surface area contributed by atoms with Crippen molar-refractivity contribution in [2.45, 2.75) is 27.7 Å². The van der Waals surface area contributed by atoms with Crippen LogP contribution in [-0.4, -0.2) is 9.97 Å². The summed E-state index contributed by atoms with van der Waals surface area (Å²) in [6.07, 6.45) is 0. The molecule has 0 unspecified atom stereocenters. The third-order valence-corrected chi connectivity index (χ3v) is 2.96. The van der Waals surface area contributed by atoms with Crippen molar-refractivity contribution >= 4 is 5.82 Å². The van der Waals surface area contributed by atoms with E-state index in [0.29, 0.717) is 28.5 Å². The highest BCUT2D eigenvalue weighted by Crippen LogP contribution is 2.30. The van der Waals surface area contributed by atoms with Crippen molar-refractivity contribution < 1.29 is 4.39 Å². The van der Waals surface area contributed by atoms with Gasteiger partial charge in [0.1, 0.15) is 17.5 Å². The number of rotatable bonds is 1. The van der Waals surface area contributed by atoms with Gasteiger partial charge >= 0.3 is 0 Å². The van der Waals surface area contributed by atoms with E-state index in [-0.39, 0.29) is 5.82 Å². The Morgan fingerprint density at radius 2 is 1.72 bits per heavy atom. The zero-order valence-corrected chi connectivity index (χ0v) is 11.0. The number of aromatic nitrogens is 2. The lowest BCUT2D eigenvalue weighted by molar-refractivity contribution is 0.628. The van der Waals surface area contributed by atoms with Gasteiger partial charge in [0.15, 0.2) is 0 Å². The molecule has 0 saturated heterocycles. The van der Waals surface area contributed by atoms with E-state index in [0.717, 1.165) is 11.1 Å². The summed E-state index contributed by atoms with van der Waals surface area (Å²) in [5, 5.41) is 0. The van der Waals surface area contributed by atoms with Crippen LogP contribution in [-0.2, 0) is 0 Å². The Bertz CT molecular complexity index is 598. The predicted molar refractivity (Wildman–Crippen MR) is 70.8 cm³/mol. The van der Waals surface area contributed by atoms with Crippen LogP contribution in [0.5, 0.6) is 0 Å². The minimum absolute atomic E-state index is 0.270. The highest BCUT2D eigenvalue weighted by Gasteiger charge is 2.15. The quantitative estimate of drug-likeness (QED) is 0.839. The van der Waals surface area contributed by atoms with Gasteiger partial charge in [0, 0.05) is 11.1 Å². The van der Waals surface area contributed by atoms with E-state index in [1.54, 1.807) is 6.92 Å². The minimum Gasteiger partial charge on any atom is -0.383 e. The molecule has 2 N–H and O–H groups in total.